The van der Waals surface area contributed by atoms with Gasteiger partial charge in [-0.25, -0.2) is 0 Å². The van der Waals surface area contributed by atoms with Crippen molar-refractivity contribution >= 4 is 0 Å². The molecule has 0 heterocycles. The zero-order valence-corrected chi connectivity index (χ0v) is 10.7. The molecule has 1 rings (SSSR count). The smallest absolute Gasteiger partial charge is 0.0897 e. The monoisotopic (exact) mass is 237 g/mol. The van der Waals surface area contributed by atoms with Crippen molar-refractivity contribution in [3.63, 3.8) is 0 Å². The molecule has 0 amide bonds. The van der Waals surface area contributed by atoms with Crippen LogP contribution in [0.5, 0.6) is 0 Å². The summed E-state index contributed by atoms with van der Waals surface area (Å²) in [4.78, 5) is 0. The number of rotatable bonds is 8. The molecule has 3 nitrogen and oxygen atoms in total. The van der Waals surface area contributed by atoms with E-state index in [-0.39, 0.29) is 0 Å². The maximum atomic E-state index is 9.58. The fourth-order valence-corrected chi connectivity index (χ4v) is 1.68. The van der Waals surface area contributed by atoms with Crippen LogP contribution in [0.3, 0.4) is 0 Å². The van der Waals surface area contributed by atoms with E-state index in [1.54, 1.807) is 0 Å². The van der Waals surface area contributed by atoms with E-state index in [4.69, 9.17) is 4.74 Å². The van der Waals surface area contributed by atoms with Crippen molar-refractivity contribution in [3.05, 3.63) is 35.9 Å². The first-order valence-electron chi connectivity index (χ1n) is 6.25. The standard InChI is InChI=1S/C14H23NO2/c1-3-17-11-14(16)10-15-9-12(2)13-7-5-4-6-8-13/h4-8,12,14-16H,3,9-11H2,1-2H3. The van der Waals surface area contributed by atoms with Crippen LogP contribution >= 0.6 is 0 Å². The summed E-state index contributed by atoms with van der Waals surface area (Å²) in [6, 6.07) is 10.4. The zero-order valence-electron chi connectivity index (χ0n) is 10.7. The van der Waals surface area contributed by atoms with Crippen LogP contribution in [0.1, 0.15) is 25.3 Å². The van der Waals surface area contributed by atoms with Crippen LogP contribution in [0.2, 0.25) is 0 Å². The predicted molar refractivity (Wildman–Crippen MR) is 70.2 cm³/mol. The lowest BCUT2D eigenvalue weighted by molar-refractivity contribution is 0.0428. The van der Waals surface area contributed by atoms with Crippen LogP contribution in [0.15, 0.2) is 30.3 Å². The summed E-state index contributed by atoms with van der Waals surface area (Å²) in [5, 5.41) is 12.8. The first kappa shape index (κ1) is 14.2. The van der Waals surface area contributed by atoms with Gasteiger partial charge in [0.2, 0.25) is 0 Å². The Morgan fingerprint density at radius 1 is 1.24 bits per heavy atom. The summed E-state index contributed by atoms with van der Waals surface area (Å²) in [7, 11) is 0. The highest BCUT2D eigenvalue weighted by atomic mass is 16.5. The van der Waals surface area contributed by atoms with Gasteiger partial charge in [0.1, 0.15) is 0 Å². The molecule has 0 saturated heterocycles. The van der Waals surface area contributed by atoms with Crippen LogP contribution in [-0.2, 0) is 4.74 Å². The van der Waals surface area contributed by atoms with E-state index < -0.39 is 6.10 Å². The highest BCUT2D eigenvalue weighted by Gasteiger charge is 2.07. The zero-order chi connectivity index (χ0) is 12.5. The third-order valence-corrected chi connectivity index (χ3v) is 2.71. The Hall–Kier alpha value is -0.900. The van der Waals surface area contributed by atoms with Gasteiger partial charge in [-0.3, -0.25) is 0 Å². The molecule has 0 aliphatic rings. The predicted octanol–water partition coefficient (Wildman–Crippen LogP) is 1.78. The van der Waals surface area contributed by atoms with Gasteiger partial charge in [0.05, 0.1) is 12.7 Å². The van der Waals surface area contributed by atoms with E-state index in [9.17, 15) is 5.11 Å². The average molecular weight is 237 g/mol. The van der Waals surface area contributed by atoms with E-state index in [2.05, 4.69) is 36.5 Å². The van der Waals surface area contributed by atoms with Gasteiger partial charge in [0.25, 0.3) is 0 Å². The quantitative estimate of drug-likeness (QED) is 0.724. The molecule has 0 aromatic heterocycles. The largest absolute Gasteiger partial charge is 0.389 e. The first-order valence-corrected chi connectivity index (χ1v) is 6.25. The molecule has 1 aromatic carbocycles. The summed E-state index contributed by atoms with van der Waals surface area (Å²) in [5.41, 5.74) is 1.32. The molecule has 0 saturated carbocycles. The fraction of sp³-hybridized carbons (Fsp3) is 0.571. The Bertz CT molecular complexity index is 290. The van der Waals surface area contributed by atoms with Crippen molar-refractivity contribution in [2.24, 2.45) is 0 Å². The number of hydrogen-bond acceptors (Lipinski definition) is 3. The van der Waals surface area contributed by atoms with Gasteiger partial charge in [-0.15, -0.1) is 0 Å². The van der Waals surface area contributed by atoms with Crippen molar-refractivity contribution in [1.29, 1.82) is 0 Å². The molecule has 3 heteroatoms. The Labute approximate surface area is 104 Å². The Kier molecular flexibility index (Phi) is 6.86. The molecule has 0 aliphatic carbocycles. The van der Waals surface area contributed by atoms with Crippen molar-refractivity contribution < 1.29 is 9.84 Å². The lowest BCUT2D eigenvalue weighted by Crippen LogP contribution is -2.32. The molecule has 1 aromatic rings. The van der Waals surface area contributed by atoms with Gasteiger partial charge in [-0.05, 0) is 18.4 Å². The van der Waals surface area contributed by atoms with E-state index in [1.165, 1.54) is 5.56 Å². The lowest BCUT2D eigenvalue weighted by atomic mass is 10.0. The molecule has 0 spiro atoms. The van der Waals surface area contributed by atoms with Crippen LogP contribution in [0.25, 0.3) is 0 Å². The Balaban J connectivity index is 2.18. The van der Waals surface area contributed by atoms with Crippen LogP contribution in [0.4, 0.5) is 0 Å². The highest BCUT2D eigenvalue weighted by molar-refractivity contribution is 5.18. The second-order valence-electron chi connectivity index (χ2n) is 4.28. The van der Waals surface area contributed by atoms with Gasteiger partial charge in [-0.1, -0.05) is 37.3 Å². The number of aliphatic hydroxyl groups excluding tert-OH is 1. The number of benzene rings is 1. The van der Waals surface area contributed by atoms with E-state index in [0.717, 1.165) is 6.54 Å². The number of aliphatic hydroxyl groups is 1. The lowest BCUT2D eigenvalue weighted by Gasteiger charge is -2.15. The molecule has 0 radical (unpaired) electrons. The summed E-state index contributed by atoms with van der Waals surface area (Å²) in [6.45, 7) is 6.61. The van der Waals surface area contributed by atoms with E-state index in [1.807, 2.05) is 13.0 Å². The van der Waals surface area contributed by atoms with Crippen molar-refractivity contribution in [2.45, 2.75) is 25.9 Å². The van der Waals surface area contributed by atoms with Crippen molar-refractivity contribution in [1.82, 2.24) is 5.32 Å². The molecule has 0 fully saturated rings. The maximum Gasteiger partial charge on any atom is 0.0897 e. The van der Waals surface area contributed by atoms with Gasteiger partial charge in [0.15, 0.2) is 0 Å². The minimum Gasteiger partial charge on any atom is -0.389 e. The fourth-order valence-electron chi connectivity index (χ4n) is 1.68. The molecule has 2 atom stereocenters. The molecular formula is C14H23NO2. The second kappa shape index (κ2) is 8.23. The number of ether oxygens (including phenoxy) is 1. The first-order chi connectivity index (χ1) is 8.24. The minimum absolute atomic E-state index is 0.406. The number of nitrogens with one attached hydrogen (secondary N) is 1. The molecule has 2 unspecified atom stereocenters. The summed E-state index contributed by atoms with van der Waals surface area (Å²) in [6.07, 6.45) is -0.419. The van der Waals surface area contributed by atoms with Crippen LogP contribution in [0, 0.1) is 0 Å². The normalized spacial score (nSPS) is 14.5. The Morgan fingerprint density at radius 2 is 1.94 bits per heavy atom. The molecule has 0 bridgehead atoms. The topological polar surface area (TPSA) is 41.5 Å². The van der Waals surface area contributed by atoms with Gasteiger partial charge in [0, 0.05) is 19.7 Å². The summed E-state index contributed by atoms with van der Waals surface area (Å²) >= 11 is 0. The van der Waals surface area contributed by atoms with Gasteiger partial charge >= 0.3 is 0 Å². The maximum absolute atomic E-state index is 9.58. The summed E-state index contributed by atoms with van der Waals surface area (Å²) in [5.74, 6) is 0.454. The molecule has 0 aliphatic heterocycles. The molecular weight excluding hydrogens is 214 g/mol. The molecule has 96 valence electrons. The second-order valence-corrected chi connectivity index (χ2v) is 4.28. The molecule has 2 N–H and O–H groups in total. The van der Waals surface area contributed by atoms with Crippen molar-refractivity contribution in [3.8, 4) is 0 Å². The van der Waals surface area contributed by atoms with Gasteiger partial charge in [-0.2, -0.15) is 0 Å². The highest BCUT2D eigenvalue weighted by Crippen LogP contribution is 2.12. The van der Waals surface area contributed by atoms with Crippen LogP contribution in [-0.4, -0.2) is 37.5 Å². The average Bonchev–Trinajstić information content (AvgIpc) is 2.37. The third kappa shape index (κ3) is 5.82. The van der Waals surface area contributed by atoms with Crippen molar-refractivity contribution in [2.75, 3.05) is 26.3 Å². The van der Waals surface area contributed by atoms with E-state index in [0.29, 0.717) is 25.7 Å². The van der Waals surface area contributed by atoms with Gasteiger partial charge < -0.3 is 15.2 Å². The SMILES string of the molecule is CCOCC(O)CNCC(C)c1ccccc1. The van der Waals surface area contributed by atoms with Crippen LogP contribution < -0.4 is 5.32 Å². The Morgan fingerprint density at radius 3 is 2.59 bits per heavy atom. The minimum atomic E-state index is -0.419. The third-order valence-electron chi connectivity index (χ3n) is 2.71. The summed E-state index contributed by atoms with van der Waals surface area (Å²) < 4.78 is 5.15. The van der Waals surface area contributed by atoms with E-state index >= 15 is 0 Å². The number of hydrogen-bond donors (Lipinski definition) is 2. The molecule has 17 heavy (non-hydrogen) atoms.